The number of rotatable bonds is 7. The Morgan fingerprint density at radius 1 is 1.33 bits per heavy atom. The summed E-state index contributed by atoms with van der Waals surface area (Å²) >= 11 is 3.07. The molecule has 128 valence electrons. The molecule has 0 aliphatic heterocycles. The second-order valence-corrected chi connectivity index (χ2v) is 7.18. The molecular weight excluding hydrogens is 344 g/mol. The normalized spacial score (nSPS) is 10.7. The van der Waals surface area contributed by atoms with Gasteiger partial charge in [-0.2, -0.15) is 0 Å². The SMILES string of the molecule is CC(C)N(C)C(=O)COC(=O)c1ccccc1SCc1cscn1. The second-order valence-electron chi connectivity index (χ2n) is 5.44. The quantitative estimate of drug-likeness (QED) is 0.556. The van der Waals surface area contributed by atoms with Crippen LogP contribution in [0.15, 0.2) is 40.1 Å². The summed E-state index contributed by atoms with van der Waals surface area (Å²) in [5.74, 6) is -0.0177. The van der Waals surface area contributed by atoms with Crippen molar-refractivity contribution in [3.63, 3.8) is 0 Å². The number of thioether (sulfide) groups is 1. The number of aromatic nitrogens is 1. The monoisotopic (exact) mass is 364 g/mol. The first-order valence-electron chi connectivity index (χ1n) is 7.50. The average Bonchev–Trinajstić information content (AvgIpc) is 3.10. The number of hydrogen-bond acceptors (Lipinski definition) is 6. The van der Waals surface area contributed by atoms with Crippen LogP contribution in [0.5, 0.6) is 0 Å². The van der Waals surface area contributed by atoms with Crippen molar-refractivity contribution >= 4 is 35.0 Å². The van der Waals surface area contributed by atoms with Gasteiger partial charge in [-0.1, -0.05) is 12.1 Å². The van der Waals surface area contributed by atoms with Crippen LogP contribution < -0.4 is 0 Å². The highest BCUT2D eigenvalue weighted by molar-refractivity contribution is 7.98. The average molecular weight is 364 g/mol. The van der Waals surface area contributed by atoms with E-state index in [1.807, 2.05) is 31.4 Å². The summed E-state index contributed by atoms with van der Waals surface area (Å²) in [6, 6.07) is 7.30. The maximum absolute atomic E-state index is 12.3. The molecule has 0 N–H and O–H groups in total. The number of carbonyl (C=O) groups excluding carboxylic acids is 2. The van der Waals surface area contributed by atoms with E-state index in [-0.39, 0.29) is 18.6 Å². The zero-order valence-electron chi connectivity index (χ0n) is 13.9. The molecule has 1 aromatic carbocycles. The van der Waals surface area contributed by atoms with E-state index in [0.717, 1.165) is 10.6 Å². The lowest BCUT2D eigenvalue weighted by Gasteiger charge is -2.21. The Labute approximate surface area is 150 Å². The molecule has 0 atom stereocenters. The van der Waals surface area contributed by atoms with Crippen LogP contribution in [0.2, 0.25) is 0 Å². The van der Waals surface area contributed by atoms with Crippen LogP contribution in [0.1, 0.15) is 29.9 Å². The first-order chi connectivity index (χ1) is 11.5. The van der Waals surface area contributed by atoms with Gasteiger partial charge < -0.3 is 9.64 Å². The molecule has 24 heavy (non-hydrogen) atoms. The molecule has 0 radical (unpaired) electrons. The summed E-state index contributed by atoms with van der Waals surface area (Å²) in [6.45, 7) is 3.56. The van der Waals surface area contributed by atoms with Crippen LogP contribution in [0, 0.1) is 0 Å². The van der Waals surface area contributed by atoms with Gasteiger partial charge in [0.15, 0.2) is 6.61 Å². The number of hydrogen-bond donors (Lipinski definition) is 0. The molecular formula is C17H20N2O3S2. The summed E-state index contributed by atoms with van der Waals surface area (Å²) in [6.07, 6.45) is 0. The summed E-state index contributed by atoms with van der Waals surface area (Å²) in [4.78, 5) is 30.8. The van der Waals surface area contributed by atoms with Crippen LogP contribution in [-0.4, -0.2) is 41.5 Å². The standard InChI is InChI=1S/C17H20N2O3S2/c1-12(2)19(3)16(20)8-22-17(21)14-6-4-5-7-15(14)24-10-13-9-23-11-18-13/h4-7,9,11-12H,8,10H2,1-3H3. The molecule has 7 heteroatoms. The Bertz CT molecular complexity index is 687. The molecule has 5 nitrogen and oxygen atoms in total. The Morgan fingerprint density at radius 3 is 2.75 bits per heavy atom. The van der Waals surface area contributed by atoms with Gasteiger partial charge in [-0.05, 0) is 26.0 Å². The fourth-order valence-corrected chi connectivity index (χ4v) is 3.42. The van der Waals surface area contributed by atoms with Crippen molar-refractivity contribution in [3.8, 4) is 0 Å². The molecule has 0 saturated heterocycles. The van der Waals surface area contributed by atoms with E-state index >= 15 is 0 Å². The first kappa shape index (κ1) is 18.5. The molecule has 0 aliphatic rings. The molecule has 2 aromatic rings. The van der Waals surface area contributed by atoms with Gasteiger partial charge in [0.25, 0.3) is 5.91 Å². The first-order valence-corrected chi connectivity index (χ1v) is 9.43. The zero-order valence-corrected chi connectivity index (χ0v) is 15.5. The molecule has 1 amide bonds. The molecule has 0 bridgehead atoms. The number of amides is 1. The molecule has 1 heterocycles. The molecule has 1 aromatic heterocycles. The summed E-state index contributed by atoms with van der Waals surface area (Å²) < 4.78 is 5.18. The summed E-state index contributed by atoms with van der Waals surface area (Å²) in [5.41, 5.74) is 3.23. The highest BCUT2D eigenvalue weighted by Gasteiger charge is 2.17. The number of esters is 1. The van der Waals surface area contributed by atoms with Gasteiger partial charge in [0.05, 0.1) is 16.8 Å². The maximum Gasteiger partial charge on any atom is 0.339 e. The van der Waals surface area contributed by atoms with Crippen molar-refractivity contribution in [1.29, 1.82) is 0 Å². The third kappa shape index (κ3) is 5.07. The molecule has 0 fully saturated rings. The van der Waals surface area contributed by atoms with E-state index in [0.29, 0.717) is 11.3 Å². The number of thiazole rings is 1. The summed E-state index contributed by atoms with van der Waals surface area (Å²) in [5, 5.41) is 1.98. The number of ether oxygens (including phenoxy) is 1. The van der Waals surface area contributed by atoms with E-state index < -0.39 is 5.97 Å². The van der Waals surface area contributed by atoms with E-state index in [4.69, 9.17) is 4.74 Å². The number of benzene rings is 1. The third-order valence-electron chi connectivity index (χ3n) is 3.46. The van der Waals surface area contributed by atoms with Gasteiger partial charge >= 0.3 is 5.97 Å². The molecule has 0 aliphatic carbocycles. The Kier molecular flexibility index (Phi) is 6.81. The molecule has 0 spiro atoms. The van der Waals surface area contributed by atoms with Crippen molar-refractivity contribution in [3.05, 3.63) is 46.4 Å². The van der Waals surface area contributed by atoms with Crippen LogP contribution in [0.3, 0.4) is 0 Å². The predicted molar refractivity (Wildman–Crippen MR) is 96.3 cm³/mol. The zero-order chi connectivity index (χ0) is 17.5. The number of carbonyl (C=O) groups is 2. The van der Waals surface area contributed by atoms with E-state index in [1.54, 1.807) is 40.9 Å². The van der Waals surface area contributed by atoms with Gasteiger partial charge in [-0.25, -0.2) is 9.78 Å². The van der Waals surface area contributed by atoms with Crippen molar-refractivity contribution in [2.45, 2.75) is 30.5 Å². The Hall–Kier alpha value is -1.86. The number of likely N-dealkylation sites (N-methyl/N-ethyl adjacent to an activating group) is 1. The van der Waals surface area contributed by atoms with Gasteiger partial charge in [-0.3, -0.25) is 4.79 Å². The van der Waals surface area contributed by atoms with Gasteiger partial charge in [0, 0.05) is 29.1 Å². The fraction of sp³-hybridized carbons (Fsp3) is 0.353. The van der Waals surface area contributed by atoms with E-state index in [2.05, 4.69) is 4.98 Å². The Balaban J connectivity index is 1.97. The lowest BCUT2D eigenvalue weighted by atomic mass is 10.2. The molecule has 0 unspecified atom stereocenters. The topological polar surface area (TPSA) is 59.5 Å². The lowest BCUT2D eigenvalue weighted by Crippen LogP contribution is -2.36. The van der Waals surface area contributed by atoms with Crippen molar-refractivity contribution in [2.75, 3.05) is 13.7 Å². The minimum absolute atomic E-state index is 0.0668. The maximum atomic E-state index is 12.3. The number of nitrogens with zero attached hydrogens (tertiary/aromatic N) is 2. The lowest BCUT2D eigenvalue weighted by molar-refractivity contribution is -0.134. The minimum atomic E-state index is -0.484. The molecule has 0 saturated carbocycles. The van der Waals surface area contributed by atoms with Crippen LogP contribution in [-0.2, 0) is 15.3 Å². The van der Waals surface area contributed by atoms with E-state index in [1.165, 1.54) is 11.8 Å². The Morgan fingerprint density at radius 2 is 2.08 bits per heavy atom. The summed E-state index contributed by atoms with van der Waals surface area (Å²) in [7, 11) is 1.69. The minimum Gasteiger partial charge on any atom is -0.452 e. The highest BCUT2D eigenvalue weighted by atomic mass is 32.2. The van der Waals surface area contributed by atoms with Gasteiger partial charge in [-0.15, -0.1) is 23.1 Å². The van der Waals surface area contributed by atoms with Crippen molar-refractivity contribution < 1.29 is 14.3 Å². The van der Waals surface area contributed by atoms with Crippen LogP contribution in [0.4, 0.5) is 0 Å². The molecule has 2 rings (SSSR count). The van der Waals surface area contributed by atoms with Crippen LogP contribution in [0.25, 0.3) is 0 Å². The van der Waals surface area contributed by atoms with Gasteiger partial charge in [0.1, 0.15) is 0 Å². The van der Waals surface area contributed by atoms with Crippen molar-refractivity contribution in [1.82, 2.24) is 9.88 Å². The fourth-order valence-electron chi connectivity index (χ4n) is 1.82. The van der Waals surface area contributed by atoms with Crippen LogP contribution >= 0.6 is 23.1 Å². The third-order valence-corrected chi connectivity index (χ3v) is 5.20. The largest absolute Gasteiger partial charge is 0.452 e. The highest BCUT2D eigenvalue weighted by Crippen LogP contribution is 2.26. The predicted octanol–water partition coefficient (Wildman–Crippen LogP) is 3.46. The van der Waals surface area contributed by atoms with Gasteiger partial charge in [0.2, 0.25) is 0 Å². The van der Waals surface area contributed by atoms with Crippen molar-refractivity contribution in [2.24, 2.45) is 0 Å². The van der Waals surface area contributed by atoms with E-state index in [9.17, 15) is 9.59 Å². The second kappa shape index (κ2) is 8.84. The smallest absolute Gasteiger partial charge is 0.339 e.